The average molecular weight is 407 g/mol. The Kier molecular flexibility index (Phi) is 6.25. The molecule has 148 valence electrons. The summed E-state index contributed by atoms with van der Waals surface area (Å²) in [4.78, 5) is 17.1. The van der Waals surface area contributed by atoms with E-state index in [2.05, 4.69) is 16.4 Å². The highest BCUT2D eigenvalue weighted by atomic mass is 32.2. The molecule has 0 aliphatic carbocycles. The van der Waals surface area contributed by atoms with Crippen LogP contribution in [0.25, 0.3) is 10.9 Å². The van der Waals surface area contributed by atoms with Gasteiger partial charge in [0.15, 0.2) is 0 Å². The number of amides is 1. The van der Waals surface area contributed by atoms with E-state index in [0.29, 0.717) is 27.8 Å². The highest BCUT2D eigenvalue weighted by Crippen LogP contribution is 2.30. The number of pyridine rings is 1. The van der Waals surface area contributed by atoms with Crippen LogP contribution < -0.4 is 14.8 Å². The molecule has 0 unspecified atom stereocenters. The quantitative estimate of drug-likeness (QED) is 0.607. The van der Waals surface area contributed by atoms with Gasteiger partial charge in [0.05, 0.1) is 36.7 Å². The van der Waals surface area contributed by atoms with E-state index in [1.165, 1.54) is 18.9 Å². The highest BCUT2D eigenvalue weighted by molar-refractivity contribution is 8.00. The highest BCUT2D eigenvalue weighted by Gasteiger charge is 2.13. The van der Waals surface area contributed by atoms with Crippen molar-refractivity contribution >= 4 is 34.3 Å². The monoisotopic (exact) mass is 407 g/mol. The molecule has 7 heteroatoms. The van der Waals surface area contributed by atoms with Gasteiger partial charge in [0.2, 0.25) is 5.91 Å². The number of methoxy groups -OCH3 is 2. The number of aromatic nitrogens is 1. The van der Waals surface area contributed by atoms with Gasteiger partial charge in [-0.25, -0.2) is 4.98 Å². The second-order valence-electron chi connectivity index (χ2n) is 6.49. The number of nitrogens with zero attached hydrogens (tertiary/aromatic N) is 2. The Bertz CT molecular complexity index is 1120. The number of ether oxygens (including phenoxy) is 2. The first-order valence-electron chi connectivity index (χ1n) is 8.92. The maximum atomic E-state index is 12.5. The topological polar surface area (TPSA) is 84.2 Å². The van der Waals surface area contributed by atoms with Crippen LogP contribution in [0.2, 0.25) is 0 Å². The van der Waals surface area contributed by atoms with Crippen LogP contribution in [0.3, 0.4) is 0 Å². The van der Waals surface area contributed by atoms with Crippen molar-refractivity contribution in [1.82, 2.24) is 4.98 Å². The fraction of sp³-hybridized carbons (Fsp3) is 0.227. The second kappa shape index (κ2) is 8.84. The number of nitrogens with one attached hydrogen (secondary N) is 1. The van der Waals surface area contributed by atoms with Crippen LogP contribution in [0.15, 0.2) is 41.4 Å². The number of carbonyl (C=O) groups is 1. The molecule has 0 aliphatic heterocycles. The number of aryl methyl sites for hydroxylation is 2. The Balaban J connectivity index is 1.79. The van der Waals surface area contributed by atoms with Crippen LogP contribution in [0, 0.1) is 25.2 Å². The van der Waals surface area contributed by atoms with Gasteiger partial charge in [0.25, 0.3) is 0 Å². The lowest BCUT2D eigenvalue weighted by molar-refractivity contribution is -0.113. The van der Waals surface area contributed by atoms with Gasteiger partial charge in [0.1, 0.15) is 22.6 Å². The molecule has 1 heterocycles. The molecule has 0 saturated carbocycles. The van der Waals surface area contributed by atoms with E-state index in [1.54, 1.807) is 25.3 Å². The third-order valence-electron chi connectivity index (χ3n) is 4.54. The summed E-state index contributed by atoms with van der Waals surface area (Å²) < 4.78 is 10.5. The minimum atomic E-state index is -0.229. The lowest BCUT2D eigenvalue weighted by Gasteiger charge is -2.12. The number of benzene rings is 2. The van der Waals surface area contributed by atoms with Crippen LogP contribution in [0.1, 0.15) is 16.7 Å². The first-order valence-corrected chi connectivity index (χ1v) is 9.90. The molecule has 3 rings (SSSR count). The molecule has 1 N–H and O–H groups in total. The van der Waals surface area contributed by atoms with Crippen molar-refractivity contribution in [3.05, 3.63) is 53.1 Å². The largest absolute Gasteiger partial charge is 0.497 e. The third kappa shape index (κ3) is 4.61. The summed E-state index contributed by atoms with van der Waals surface area (Å²) in [5.74, 6) is 1.03. The van der Waals surface area contributed by atoms with Gasteiger partial charge in [-0.2, -0.15) is 5.26 Å². The molecule has 0 radical (unpaired) electrons. The number of rotatable bonds is 6. The minimum absolute atomic E-state index is 0.110. The summed E-state index contributed by atoms with van der Waals surface area (Å²) >= 11 is 1.23. The summed E-state index contributed by atoms with van der Waals surface area (Å²) in [5, 5.41) is 13.8. The lowest BCUT2D eigenvalue weighted by Crippen LogP contribution is -2.15. The van der Waals surface area contributed by atoms with Crippen molar-refractivity contribution in [3.8, 4) is 17.6 Å². The van der Waals surface area contributed by atoms with Gasteiger partial charge in [-0.05, 0) is 55.3 Å². The molecule has 1 amide bonds. The van der Waals surface area contributed by atoms with Crippen molar-refractivity contribution in [1.29, 1.82) is 5.26 Å². The van der Waals surface area contributed by atoms with E-state index >= 15 is 0 Å². The molecule has 6 nitrogen and oxygen atoms in total. The number of fused-ring (bicyclic) bond motifs is 1. The van der Waals surface area contributed by atoms with Crippen LogP contribution in [-0.2, 0) is 4.79 Å². The summed E-state index contributed by atoms with van der Waals surface area (Å²) in [7, 11) is 3.09. The van der Waals surface area contributed by atoms with Gasteiger partial charge < -0.3 is 14.8 Å². The van der Waals surface area contributed by atoms with Gasteiger partial charge >= 0.3 is 0 Å². The summed E-state index contributed by atoms with van der Waals surface area (Å²) in [6, 6.07) is 13.2. The number of nitriles is 1. The predicted molar refractivity (Wildman–Crippen MR) is 115 cm³/mol. The van der Waals surface area contributed by atoms with Gasteiger partial charge in [-0.3, -0.25) is 4.79 Å². The molecule has 29 heavy (non-hydrogen) atoms. The van der Waals surface area contributed by atoms with Crippen LogP contribution >= 0.6 is 11.8 Å². The molecular weight excluding hydrogens is 386 g/mol. The molecule has 0 bridgehead atoms. The van der Waals surface area contributed by atoms with E-state index in [0.717, 1.165) is 22.0 Å². The fourth-order valence-electron chi connectivity index (χ4n) is 2.84. The molecule has 0 aliphatic rings. The third-order valence-corrected chi connectivity index (χ3v) is 5.53. The van der Waals surface area contributed by atoms with E-state index in [9.17, 15) is 10.1 Å². The molecule has 0 fully saturated rings. The number of hydrogen-bond donors (Lipinski definition) is 1. The predicted octanol–water partition coefficient (Wildman–Crippen LogP) is 4.47. The number of hydrogen-bond acceptors (Lipinski definition) is 6. The maximum absolute atomic E-state index is 12.5. The van der Waals surface area contributed by atoms with Crippen LogP contribution in [0.4, 0.5) is 5.69 Å². The van der Waals surface area contributed by atoms with E-state index in [1.807, 2.05) is 32.0 Å². The number of thioether (sulfide) groups is 1. The molecule has 0 spiro atoms. The first kappa shape index (κ1) is 20.5. The average Bonchev–Trinajstić information content (AvgIpc) is 2.72. The van der Waals surface area contributed by atoms with Crippen LogP contribution in [-0.4, -0.2) is 30.9 Å². The first-order chi connectivity index (χ1) is 13.9. The van der Waals surface area contributed by atoms with Crippen molar-refractivity contribution in [2.45, 2.75) is 18.9 Å². The molecule has 3 aromatic rings. The SMILES string of the molecule is COc1ccc(OC)c(NC(=O)CSc2nc3cc(C)c(C)cc3cc2C#N)c1. The molecule has 0 saturated heterocycles. The summed E-state index contributed by atoms with van der Waals surface area (Å²) in [5.41, 5.74) is 4.07. The molecule has 1 aromatic heterocycles. The summed E-state index contributed by atoms with van der Waals surface area (Å²) in [6.07, 6.45) is 0. The maximum Gasteiger partial charge on any atom is 0.234 e. The normalized spacial score (nSPS) is 10.4. The van der Waals surface area contributed by atoms with Crippen LogP contribution in [0.5, 0.6) is 11.5 Å². The summed E-state index contributed by atoms with van der Waals surface area (Å²) in [6.45, 7) is 4.05. The Hall–Kier alpha value is -3.24. The van der Waals surface area contributed by atoms with Crippen molar-refractivity contribution in [2.75, 3.05) is 25.3 Å². The fourth-order valence-corrected chi connectivity index (χ4v) is 3.61. The Morgan fingerprint density at radius 1 is 1.14 bits per heavy atom. The Morgan fingerprint density at radius 2 is 1.90 bits per heavy atom. The number of anilines is 1. The standard InChI is InChI=1S/C22H21N3O3S/c1-13-7-15-9-16(11-23)22(25-18(15)8-14(13)2)29-12-21(26)24-19-10-17(27-3)5-6-20(19)28-4/h5-10H,12H2,1-4H3,(H,24,26). The van der Waals surface area contributed by atoms with Crippen molar-refractivity contribution in [3.63, 3.8) is 0 Å². The Morgan fingerprint density at radius 3 is 2.59 bits per heavy atom. The van der Waals surface area contributed by atoms with Gasteiger partial charge in [-0.1, -0.05) is 11.8 Å². The zero-order chi connectivity index (χ0) is 21.0. The second-order valence-corrected chi connectivity index (χ2v) is 7.45. The smallest absolute Gasteiger partial charge is 0.234 e. The van der Waals surface area contributed by atoms with Crippen molar-refractivity contribution in [2.24, 2.45) is 0 Å². The Labute approximate surface area is 173 Å². The zero-order valence-corrected chi connectivity index (χ0v) is 17.5. The molecule has 2 aromatic carbocycles. The van der Waals surface area contributed by atoms with Gasteiger partial charge in [0, 0.05) is 11.5 Å². The zero-order valence-electron chi connectivity index (χ0n) is 16.7. The van der Waals surface area contributed by atoms with E-state index < -0.39 is 0 Å². The van der Waals surface area contributed by atoms with Gasteiger partial charge in [-0.15, -0.1) is 0 Å². The molecular formula is C22H21N3O3S. The molecule has 0 atom stereocenters. The van der Waals surface area contributed by atoms with E-state index in [-0.39, 0.29) is 11.7 Å². The minimum Gasteiger partial charge on any atom is -0.497 e. The number of carbonyl (C=O) groups excluding carboxylic acids is 1. The lowest BCUT2D eigenvalue weighted by atomic mass is 10.1. The van der Waals surface area contributed by atoms with Crippen molar-refractivity contribution < 1.29 is 14.3 Å². The van der Waals surface area contributed by atoms with E-state index in [4.69, 9.17) is 9.47 Å².